The van der Waals surface area contributed by atoms with Crippen molar-refractivity contribution in [2.75, 3.05) is 6.61 Å². The van der Waals surface area contributed by atoms with Gasteiger partial charge in [0.05, 0.1) is 12.8 Å². The van der Waals surface area contributed by atoms with E-state index in [9.17, 15) is 4.79 Å². The molecule has 0 aliphatic carbocycles. The van der Waals surface area contributed by atoms with Crippen LogP contribution < -0.4 is 0 Å². The predicted octanol–water partition coefficient (Wildman–Crippen LogP) is 2.96. The summed E-state index contributed by atoms with van der Waals surface area (Å²) in [5.41, 5.74) is 1.52. The lowest BCUT2D eigenvalue weighted by molar-refractivity contribution is 0.0526. The van der Waals surface area contributed by atoms with E-state index in [1.54, 1.807) is 11.6 Å². The quantitative estimate of drug-likeness (QED) is 0.790. The molecule has 0 fully saturated rings. The number of nitrogens with zero attached hydrogens (tertiary/aromatic N) is 2. The summed E-state index contributed by atoms with van der Waals surface area (Å²) in [6.07, 6.45) is 2.26. The molecule has 0 aliphatic rings. The van der Waals surface area contributed by atoms with Crippen molar-refractivity contribution >= 4 is 17.6 Å². The van der Waals surface area contributed by atoms with E-state index >= 15 is 0 Å². The maximum atomic E-state index is 11.6. The number of hydrogen-bond acceptors (Lipinski definition) is 3. The largest absolute Gasteiger partial charge is 0.462 e. The monoisotopic (exact) mass is 278 g/mol. The summed E-state index contributed by atoms with van der Waals surface area (Å²) in [5, 5.41) is 4.45. The SMILES string of the molecule is CCOC(=O)c1cnn(CCc2ccccc2)c1Cl. The maximum absolute atomic E-state index is 11.6. The highest BCUT2D eigenvalue weighted by Gasteiger charge is 2.16. The van der Waals surface area contributed by atoms with Gasteiger partial charge in [-0.05, 0) is 18.9 Å². The third kappa shape index (κ3) is 3.35. The van der Waals surface area contributed by atoms with Gasteiger partial charge in [0.1, 0.15) is 10.7 Å². The van der Waals surface area contributed by atoms with Crippen molar-refractivity contribution in [3.63, 3.8) is 0 Å². The summed E-state index contributed by atoms with van der Waals surface area (Å²) in [6, 6.07) is 10.0. The first-order chi connectivity index (χ1) is 9.22. The molecule has 1 aromatic carbocycles. The first kappa shape index (κ1) is 13.6. The Kier molecular flexibility index (Phi) is 4.58. The van der Waals surface area contributed by atoms with Crippen molar-refractivity contribution in [3.05, 3.63) is 52.8 Å². The molecule has 1 aromatic heterocycles. The van der Waals surface area contributed by atoms with E-state index < -0.39 is 5.97 Å². The Morgan fingerprint density at radius 2 is 2.11 bits per heavy atom. The molecule has 4 nitrogen and oxygen atoms in total. The van der Waals surface area contributed by atoms with E-state index in [0.717, 1.165) is 6.42 Å². The molecule has 5 heteroatoms. The number of aromatic nitrogens is 2. The second-order valence-electron chi connectivity index (χ2n) is 4.03. The van der Waals surface area contributed by atoms with E-state index in [1.165, 1.54) is 11.8 Å². The smallest absolute Gasteiger partial charge is 0.342 e. The molecule has 0 spiro atoms. The molecule has 0 N–H and O–H groups in total. The van der Waals surface area contributed by atoms with Gasteiger partial charge >= 0.3 is 5.97 Å². The molecular formula is C14H15ClN2O2. The van der Waals surface area contributed by atoms with Crippen LogP contribution in [0.25, 0.3) is 0 Å². The fourth-order valence-corrected chi connectivity index (χ4v) is 2.01. The van der Waals surface area contributed by atoms with Gasteiger partial charge in [-0.3, -0.25) is 4.68 Å². The van der Waals surface area contributed by atoms with Crippen molar-refractivity contribution in [2.24, 2.45) is 0 Å². The summed E-state index contributed by atoms with van der Waals surface area (Å²) in [7, 11) is 0. The molecule has 0 saturated carbocycles. The molecule has 19 heavy (non-hydrogen) atoms. The van der Waals surface area contributed by atoms with Gasteiger partial charge < -0.3 is 4.74 Å². The molecule has 2 rings (SSSR count). The van der Waals surface area contributed by atoms with Gasteiger partial charge in [-0.2, -0.15) is 5.10 Å². The summed E-state index contributed by atoms with van der Waals surface area (Å²) in [5.74, 6) is -0.432. The van der Waals surface area contributed by atoms with Crippen molar-refractivity contribution in [2.45, 2.75) is 19.9 Å². The first-order valence-electron chi connectivity index (χ1n) is 6.14. The molecule has 0 unspecified atom stereocenters. The maximum Gasteiger partial charge on any atom is 0.342 e. The minimum atomic E-state index is -0.432. The summed E-state index contributed by atoms with van der Waals surface area (Å²) < 4.78 is 6.52. The summed E-state index contributed by atoms with van der Waals surface area (Å²) >= 11 is 6.12. The number of halogens is 1. The first-order valence-corrected chi connectivity index (χ1v) is 6.52. The van der Waals surface area contributed by atoms with Crippen LogP contribution in [0.3, 0.4) is 0 Å². The zero-order valence-corrected chi connectivity index (χ0v) is 11.4. The van der Waals surface area contributed by atoms with E-state index in [-0.39, 0.29) is 0 Å². The zero-order chi connectivity index (χ0) is 13.7. The molecule has 0 atom stereocenters. The zero-order valence-electron chi connectivity index (χ0n) is 10.7. The van der Waals surface area contributed by atoms with Crippen LogP contribution >= 0.6 is 11.6 Å². The van der Waals surface area contributed by atoms with Crippen LogP contribution in [-0.2, 0) is 17.7 Å². The second-order valence-corrected chi connectivity index (χ2v) is 4.39. The predicted molar refractivity (Wildman–Crippen MR) is 73.3 cm³/mol. The fraction of sp³-hybridized carbons (Fsp3) is 0.286. The van der Waals surface area contributed by atoms with E-state index in [2.05, 4.69) is 5.10 Å². The molecular weight excluding hydrogens is 264 g/mol. The third-order valence-electron chi connectivity index (χ3n) is 2.73. The van der Waals surface area contributed by atoms with Gasteiger partial charge in [0.2, 0.25) is 0 Å². The normalized spacial score (nSPS) is 10.4. The van der Waals surface area contributed by atoms with Crippen LogP contribution in [0.15, 0.2) is 36.5 Å². The van der Waals surface area contributed by atoms with E-state index in [0.29, 0.717) is 23.9 Å². The Morgan fingerprint density at radius 3 is 2.79 bits per heavy atom. The van der Waals surface area contributed by atoms with E-state index in [1.807, 2.05) is 30.3 Å². The van der Waals surface area contributed by atoms with Crippen molar-refractivity contribution < 1.29 is 9.53 Å². The van der Waals surface area contributed by atoms with Gasteiger partial charge in [0.15, 0.2) is 0 Å². The Labute approximate surface area is 116 Å². The van der Waals surface area contributed by atoms with Crippen molar-refractivity contribution in [3.8, 4) is 0 Å². The van der Waals surface area contributed by atoms with Crippen molar-refractivity contribution in [1.82, 2.24) is 9.78 Å². The third-order valence-corrected chi connectivity index (χ3v) is 3.12. The lowest BCUT2D eigenvalue weighted by atomic mass is 10.1. The van der Waals surface area contributed by atoms with Crippen molar-refractivity contribution in [1.29, 1.82) is 0 Å². The Balaban J connectivity index is 2.04. The van der Waals surface area contributed by atoms with Gasteiger partial charge in [-0.15, -0.1) is 0 Å². The Bertz CT molecular complexity index is 552. The molecule has 0 aliphatic heterocycles. The van der Waals surface area contributed by atoms with Crippen LogP contribution in [0.4, 0.5) is 0 Å². The molecule has 1 heterocycles. The highest BCUT2D eigenvalue weighted by Crippen LogP contribution is 2.17. The minimum Gasteiger partial charge on any atom is -0.462 e. The average Bonchev–Trinajstić information content (AvgIpc) is 2.79. The topological polar surface area (TPSA) is 44.1 Å². The number of aryl methyl sites for hydroxylation is 2. The molecule has 0 amide bonds. The molecule has 0 saturated heterocycles. The van der Waals surface area contributed by atoms with Gasteiger partial charge in [0.25, 0.3) is 0 Å². The number of carbonyl (C=O) groups is 1. The average molecular weight is 279 g/mol. The number of benzene rings is 1. The van der Waals surface area contributed by atoms with Crippen LogP contribution in [0, 0.1) is 0 Å². The number of carbonyl (C=O) groups excluding carboxylic acids is 1. The van der Waals surface area contributed by atoms with Crippen LogP contribution in [0.1, 0.15) is 22.8 Å². The Hall–Kier alpha value is -1.81. The number of esters is 1. The van der Waals surface area contributed by atoms with Gasteiger partial charge in [0, 0.05) is 6.54 Å². The number of hydrogen-bond donors (Lipinski definition) is 0. The lowest BCUT2D eigenvalue weighted by Crippen LogP contribution is -2.06. The van der Waals surface area contributed by atoms with E-state index in [4.69, 9.17) is 16.3 Å². The van der Waals surface area contributed by atoms with Crippen LogP contribution in [0.5, 0.6) is 0 Å². The highest BCUT2D eigenvalue weighted by atomic mass is 35.5. The number of rotatable bonds is 5. The number of ether oxygens (including phenoxy) is 1. The molecule has 0 radical (unpaired) electrons. The van der Waals surface area contributed by atoms with Crippen LogP contribution in [-0.4, -0.2) is 22.4 Å². The minimum absolute atomic E-state index is 0.316. The summed E-state index contributed by atoms with van der Waals surface area (Å²) in [6.45, 7) is 2.71. The lowest BCUT2D eigenvalue weighted by Gasteiger charge is -2.04. The molecule has 100 valence electrons. The molecule has 2 aromatic rings. The van der Waals surface area contributed by atoms with Gasteiger partial charge in [-0.1, -0.05) is 41.9 Å². The molecule has 0 bridgehead atoms. The highest BCUT2D eigenvalue weighted by molar-refractivity contribution is 6.32. The van der Waals surface area contributed by atoms with Gasteiger partial charge in [-0.25, -0.2) is 4.79 Å². The second kappa shape index (κ2) is 6.38. The van der Waals surface area contributed by atoms with Crippen LogP contribution in [0.2, 0.25) is 5.15 Å². The summed E-state index contributed by atoms with van der Waals surface area (Å²) in [4.78, 5) is 11.6. The standard InChI is InChI=1S/C14H15ClN2O2/c1-2-19-14(18)12-10-16-17(13(12)15)9-8-11-6-4-3-5-7-11/h3-7,10H,2,8-9H2,1H3. The Morgan fingerprint density at radius 1 is 1.37 bits per heavy atom. The fourth-order valence-electron chi connectivity index (χ4n) is 1.75.